The molecule has 2 fully saturated rings. The Bertz CT molecular complexity index is 200. The van der Waals surface area contributed by atoms with Crippen molar-refractivity contribution in [3.05, 3.63) is 0 Å². The number of ether oxygens (including phenoxy) is 1. The minimum absolute atomic E-state index is 0.241. The lowest BCUT2D eigenvalue weighted by Gasteiger charge is -2.33. The number of hydrogen-bond acceptors (Lipinski definition) is 3. The van der Waals surface area contributed by atoms with Crippen LogP contribution in [0.1, 0.15) is 33.6 Å². The van der Waals surface area contributed by atoms with E-state index in [4.69, 9.17) is 4.74 Å². The largest absolute Gasteiger partial charge is 0.372 e. The van der Waals surface area contributed by atoms with Gasteiger partial charge in [-0.05, 0) is 33.6 Å². The van der Waals surface area contributed by atoms with E-state index in [0.717, 1.165) is 26.2 Å². The average molecular weight is 212 g/mol. The van der Waals surface area contributed by atoms with Crippen molar-refractivity contribution in [2.45, 2.75) is 51.4 Å². The third kappa shape index (κ3) is 3.44. The molecule has 0 amide bonds. The highest BCUT2D eigenvalue weighted by Gasteiger charge is 2.33. The van der Waals surface area contributed by atoms with Gasteiger partial charge < -0.3 is 10.1 Å². The first-order valence-corrected chi connectivity index (χ1v) is 6.16. The number of nitrogens with one attached hydrogen (secondary N) is 1. The van der Waals surface area contributed by atoms with Gasteiger partial charge in [-0.3, -0.25) is 4.90 Å². The van der Waals surface area contributed by atoms with Crippen molar-refractivity contribution in [3.8, 4) is 0 Å². The van der Waals surface area contributed by atoms with Crippen LogP contribution >= 0.6 is 0 Å². The van der Waals surface area contributed by atoms with Gasteiger partial charge in [0.2, 0.25) is 0 Å². The highest BCUT2D eigenvalue weighted by Crippen LogP contribution is 2.25. The van der Waals surface area contributed by atoms with Gasteiger partial charge in [0, 0.05) is 31.7 Å². The summed E-state index contributed by atoms with van der Waals surface area (Å²) < 4.78 is 5.81. The van der Waals surface area contributed by atoms with Crippen molar-refractivity contribution in [1.29, 1.82) is 0 Å². The molecule has 2 heterocycles. The Morgan fingerprint density at radius 1 is 1.20 bits per heavy atom. The fraction of sp³-hybridized carbons (Fsp3) is 1.00. The second kappa shape index (κ2) is 4.40. The first kappa shape index (κ1) is 11.4. The molecule has 2 unspecified atom stereocenters. The smallest absolute Gasteiger partial charge is 0.0707 e. The Labute approximate surface area is 93.2 Å². The van der Waals surface area contributed by atoms with Gasteiger partial charge in [0.1, 0.15) is 0 Å². The summed E-state index contributed by atoms with van der Waals surface area (Å²) >= 11 is 0. The van der Waals surface area contributed by atoms with Gasteiger partial charge in [0.25, 0.3) is 0 Å². The maximum atomic E-state index is 5.81. The SMILES string of the molecule is CC(C)(C)NCCN1CC2CCC(C1)O2. The maximum absolute atomic E-state index is 5.81. The quantitative estimate of drug-likeness (QED) is 0.762. The molecular formula is C12H24N2O. The van der Waals surface area contributed by atoms with Crippen molar-refractivity contribution >= 4 is 0 Å². The molecule has 88 valence electrons. The van der Waals surface area contributed by atoms with Gasteiger partial charge in [-0.2, -0.15) is 0 Å². The molecule has 0 aromatic rings. The van der Waals surface area contributed by atoms with Crippen LogP contribution < -0.4 is 5.32 Å². The summed E-state index contributed by atoms with van der Waals surface area (Å²) in [5, 5.41) is 3.54. The highest BCUT2D eigenvalue weighted by atomic mass is 16.5. The Morgan fingerprint density at radius 2 is 1.80 bits per heavy atom. The first-order valence-electron chi connectivity index (χ1n) is 6.16. The Morgan fingerprint density at radius 3 is 2.33 bits per heavy atom. The molecule has 0 aromatic carbocycles. The fourth-order valence-corrected chi connectivity index (χ4v) is 2.47. The van der Waals surface area contributed by atoms with E-state index in [9.17, 15) is 0 Å². The molecule has 15 heavy (non-hydrogen) atoms. The third-order valence-electron chi connectivity index (χ3n) is 3.20. The van der Waals surface area contributed by atoms with Crippen molar-refractivity contribution in [2.24, 2.45) is 0 Å². The summed E-state index contributed by atoms with van der Waals surface area (Å²) in [7, 11) is 0. The van der Waals surface area contributed by atoms with E-state index in [1.807, 2.05) is 0 Å². The zero-order valence-corrected chi connectivity index (χ0v) is 10.3. The topological polar surface area (TPSA) is 24.5 Å². The number of morpholine rings is 1. The highest BCUT2D eigenvalue weighted by molar-refractivity contribution is 4.85. The van der Waals surface area contributed by atoms with Gasteiger partial charge in [-0.25, -0.2) is 0 Å². The van der Waals surface area contributed by atoms with Crippen LogP contribution in [0.2, 0.25) is 0 Å². The Hall–Kier alpha value is -0.120. The lowest BCUT2D eigenvalue weighted by Crippen LogP contribution is -2.47. The van der Waals surface area contributed by atoms with Crippen LogP contribution in [0.15, 0.2) is 0 Å². The second-order valence-electron chi connectivity index (χ2n) is 5.89. The fourth-order valence-electron chi connectivity index (χ4n) is 2.47. The van der Waals surface area contributed by atoms with Crippen LogP contribution in [0, 0.1) is 0 Å². The number of rotatable bonds is 3. The molecule has 3 heteroatoms. The summed E-state index contributed by atoms with van der Waals surface area (Å²) in [6.45, 7) is 11.2. The zero-order valence-electron chi connectivity index (χ0n) is 10.3. The molecule has 0 spiro atoms. The van der Waals surface area contributed by atoms with Crippen molar-refractivity contribution in [3.63, 3.8) is 0 Å². The second-order valence-corrected chi connectivity index (χ2v) is 5.89. The number of likely N-dealkylation sites (tertiary alicyclic amines) is 1. The van der Waals surface area contributed by atoms with E-state index in [0.29, 0.717) is 12.2 Å². The molecule has 2 aliphatic rings. The Kier molecular flexibility index (Phi) is 3.33. The maximum Gasteiger partial charge on any atom is 0.0707 e. The van der Waals surface area contributed by atoms with Gasteiger partial charge in [0.15, 0.2) is 0 Å². The van der Waals surface area contributed by atoms with Crippen LogP contribution in [0.5, 0.6) is 0 Å². The third-order valence-corrected chi connectivity index (χ3v) is 3.20. The molecule has 2 bridgehead atoms. The van der Waals surface area contributed by atoms with E-state index < -0.39 is 0 Å². The molecule has 0 aliphatic carbocycles. The van der Waals surface area contributed by atoms with Crippen molar-refractivity contribution in [1.82, 2.24) is 10.2 Å². The molecule has 1 N–H and O–H groups in total. The summed E-state index contributed by atoms with van der Waals surface area (Å²) in [6.07, 6.45) is 3.60. The lowest BCUT2D eigenvalue weighted by atomic mass is 10.1. The van der Waals surface area contributed by atoms with Crippen molar-refractivity contribution < 1.29 is 4.74 Å². The minimum Gasteiger partial charge on any atom is -0.372 e. The Balaban J connectivity index is 1.68. The van der Waals surface area contributed by atoms with E-state index in [-0.39, 0.29) is 5.54 Å². The number of fused-ring (bicyclic) bond motifs is 2. The molecule has 2 rings (SSSR count). The van der Waals surface area contributed by atoms with Crippen LogP contribution in [-0.2, 0) is 4.74 Å². The van der Waals surface area contributed by atoms with Gasteiger partial charge >= 0.3 is 0 Å². The standard InChI is InChI=1S/C12H24N2O/c1-12(2,3)13-6-7-14-8-10-4-5-11(9-14)15-10/h10-11,13H,4-9H2,1-3H3. The summed E-state index contributed by atoms with van der Waals surface area (Å²) in [5.74, 6) is 0. The zero-order chi connectivity index (χ0) is 10.9. The van der Waals surface area contributed by atoms with Crippen LogP contribution in [-0.4, -0.2) is 48.8 Å². The number of hydrogen-bond donors (Lipinski definition) is 1. The molecule has 3 nitrogen and oxygen atoms in total. The minimum atomic E-state index is 0.241. The molecular weight excluding hydrogens is 188 g/mol. The summed E-state index contributed by atoms with van der Waals surface area (Å²) in [6, 6.07) is 0. The lowest BCUT2D eigenvalue weighted by molar-refractivity contribution is -0.0379. The van der Waals surface area contributed by atoms with Gasteiger partial charge in [-0.15, -0.1) is 0 Å². The van der Waals surface area contributed by atoms with Crippen molar-refractivity contribution in [2.75, 3.05) is 26.2 Å². The number of nitrogens with zero attached hydrogens (tertiary/aromatic N) is 1. The van der Waals surface area contributed by atoms with E-state index in [2.05, 4.69) is 31.0 Å². The van der Waals surface area contributed by atoms with E-state index in [1.165, 1.54) is 12.8 Å². The molecule has 0 radical (unpaired) electrons. The van der Waals surface area contributed by atoms with Gasteiger partial charge in [-0.1, -0.05) is 0 Å². The molecule has 2 saturated heterocycles. The average Bonchev–Trinajstić information content (AvgIpc) is 2.43. The molecule has 2 aliphatic heterocycles. The predicted molar refractivity (Wildman–Crippen MR) is 62.1 cm³/mol. The molecule has 0 aromatic heterocycles. The summed E-state index contributed by atoms with van der Waals surface area (Å²) in [5.41, 5.74) is 0.241. The normalized spacial score (nSPS) is 32.2. The predicted octanol–water partition coefficient (Wildman–Crippen LogP) is 1.24. The first-order chi connectivity index (χ1) is 7.03. The van der Waals surface area contributed by atoms with Crippen LogP contribution in [0.3, 0.4) is 0 Å². The molecule has 0 saturated carbocycles. The van der Waals surface area contributed by atoms with Crippen LogP contribution in [0.25, 0.3) is 0 Å². The van der Waals surface area contributed by atoms with E-state index in [1.54, 1.807) is 0 Å². The monoisotopic (exact) mass is 212 g/mol. The summed E-state index contributed by atoms with van der Waals surface area (Å²) in [4.78, 5) is 2.55. The molecule has 2 atom stereocenters. The van der Waals surface area contributed by atoms with Gasteiger partial charge in [0.05, 0.1) is 12.2 Å². The van der Waals surface area contributed by atoms with Crippen LogP contribution in [0.4, 0.5) is 0 Å². The van der Waals surface area contributed by atoms with E-state index >= 15 is 0 Å².